The number of aromatic amines is 1. The van der Waals surface area contributed by atoms with Gasteiger partial charge in [0.2, 0.25) is 0 Å². The number of benzene rings is 2. The highest BCUT2D eigenvalue weighted by Crippen LogP contribution is 2.22. The highest BCUT2D eigenvalue weighted by atomic mass is 19.1. The van der Waals surface area contributed by atoms with E-state index in [0.29, 0.717) is 37.0 Å². The number of nitrogens with zero attached hydrogens (tertiary/aromatic N) is 2. The fourth-order valence-corrected chi connectivity index (χ4v) is 3.13. The molecule has 0 unspecified atom stereocenters. The zero-order valence-corrected chi connectivity index (χ0v) is 13.9. The van der Waals surface area contributed by atoms with Crippen molar-refractivity contribution in [2.75, 3.05) is 13.1 Å². The van der Waals surface area contributed by atoms with Crippen LogP contribution in [-0.2, 0) is 0 Å². The molecule has 134 valence electrons. The second-order valence-corrected chi connectivity index (χ2v) is 6.29. The van der Waals surface area contributed by atoms with E-state index in [2.05, 4.69) is 9.97 Å². The number of rotatable bonds is 3. The lowest BCUT2D eigenvalue weighted by Gasteiger charge is -2.31. The number of H-pyrrole nitrogens is 1. The lowest BCUT2D eigenvalue weighted by molar-refractivity contribution is 0.0578. The highest BCUT2D eigenvalue weighted by Gasteiger charge is 2.27. The molecule has 3 aromatic rings. The third-order valence-electron chi connectivity index (χ3n) is 4.51. The Labute approximate surface area is 148 Å². The van der Waals surface area contributed by atoms with Gasteiger partial charge in [0.1, 0.15) is 11.9 Å². The normalized spacial score (nSPS) is 15.4. The summed E-state index contributed by atoms with van der Waals surface area (Å²) in [6.45, 7) is 0.979. The van der Waals surface area contributed by atoms with E-state index in [9.17, 15) is 13.6 Å². The monoisotopic (exact) mass is 357 g/mol. The molecule has 1 saturated heterocycles. The molecular weight excluding hydrogens is 340 g/mol. The molecule has 2 heterocycles. The van der Waals surface area contributed by atoms with Crippen molar-refractivity contribution in [2.45, 2.75) is 18.9 Å². The van der Waals surface area contributed by atoms with Crippen LogP contribution in [0.15, 0.2) is 42.5 Å². The smallest absolute Gasteiger partial charge is 0.289 e. The standard InChI is InChI=1S/C19H17F2N3O2/c20-12-5-6-15-16(11-12)23-18(22-15)19(25)24-9-7-13(8-10-24)26-17-4-2-1-3-14(17)21/h1-6,11,13H,7-10H2,(H,22,23). The molecule has 1 aromatic heterocycles. The van der Waals surface area contributed by atoms with Crippen LogP contribution in [0.4, 0.5) is 8.78 Å². The number of likely N-dealkylation sites (tertiary alicyclic amines) is 1. The quantitative estimate of drug-likeness (QED) is 0.780. The Morgan fingerprint density at radius 2 is 1.92 bits per heavy atom. The summed E-state index contributed by atoms with van der Waals surface area (Å²) in [5, 5.41) is 0. The molecular formula is C19H17F2N3O2. The number of halogens is 2. The second-order valence-electron chi connectivity index (χ2n) is 6.29. The van der Waals surface area contributed by atoms with Gasteiger partial charge in [-0.3, -0.25) is 4.79 Å². The largest absolute Gasteiger partial charge is 0.487 e. The SMILES string of the molecule is O=C(c1nc2ccc(F)cc2[nH]1)N1CCC(Oc2ccccc2F)CC1. The van der Waals surface area contributed by atoms with Gasteiger partial charge in [0, 0.05) is 25.9 Å². The summed E-state index contributed by atoms with van der Waals surface area (Å²) in [5.74, 6) is -0.576. The van der Waals surface area contributed by atoms with Gasteiger partial charge in [-0.25, -0.2) is 13.8 Å². The van der Waals surface area contributed by atoms with Gasteiger partial charge in [0.25, 0.3) is 5.91 Å². The summed E-state index contributed by atoms with van der Waals surface area (Å²) in [4.78, 5) is 21.4. The van der Waals surface area contributed by atoms with E-state index < -0.39 is 0 Å². The average molecular weight is 357 g/mol. The molecule has 26 heavy (non-hydrogen) atoms. The molecule has 0 bridgehead atoms. The van der Waals surface area contributed by atoms with E-state index in [1.807, 2.05) is 0 Å². The highest BCUT2D eigenvalue weighted by molar-refractivity contribution is 5.94. The molecule has 1 amide bonds. The minimum Gasteiger partial charge on any atom is -0.487 e. The minimum absolute atomic E-state index is 0.138. The summed E-state index contributed by atoms with van der Waals surface area (Å²) in [6, 6.07) is 10.5. The van der Waals surface area contributed by atoms with Crippen LogP contribution in [0.1, 0.15) is 23.5 Å². The average Bonchev–Trinajstić information content (AvgIpc) is 3.07. The molecule has 0 radical (unpaired) electrons. The minimum atomic E-state index is -0.388. The molecule has 4 rings (SSSR count). The van der Waals surface area contributed by atoms with Gasteiger partial charge in [-0.15, -0.1) is 0 Å². The molecule has 1 aliphatic heterocycles. The first-order valence-corrected chi connectivity index (χ1v) is 8.46. The first-order chi connectivity index (χ1) is 12.6. The van der Waals surface area contributed by atoms with Gasteiger partial charge >= 0.3 is 0 Å². The summed E-state index contributed by atoms with van der Waals surface area (Å²) in [5.41, 5.74) is 1.04. The molecule has 0 spiro atoms. The second kappa shape index (κ2) is 6.74. The Morgan fingerprint density at radius 1 is 1.15 bits per heavy atom. The van der Waals surface area contributed by atoms with Crippen LogP contribution in [0, 0.1) is 11.6 Å². The van der Waals surface area contributed by atoms with Crippen LogP contribution in [0.2, 0.25) is 0 Å². The molecule has 5 nitrogen and oxygen atoms in total. The number of carbonyl (C=O) groups excluding carboxylic acids is 1. The number of amides is 1. The van der Waals surface area contributed by atoms with E-state index in [1.165, 1.54) is 24.3 Å². The Balaban J connectivity index is 1.40. The number of nitrogens with one attached hydrogen (secondary N) is 1. The number of hydrogen-bond donors (Lipinski definition) is 1. The zero-order chi connectivity index (χ0) is 18.1. The van der Waals surface area contributed by atoms with Gasteiger partial charge in [-0.1, -0.05) is 12.1 Å². The van der Waals surface area contributed by atoms with Crippen molar-refractivity contribution < 1.29 is 18.3 Å². The molecule has 2 aromatic carbocycles. The molecule has 1 N–H and O–H groups in total. The van der Waals surface area contributed by atoms with Gasteiger partial charge in [0.15, 0.2) is 17.4 Å². The van der Waals surface area contributed by atoms with Crippen LogP contribution >= 0.6 is 0 Å². The molecule has 1 aliphatic rings. The topological polar surface area (TPSA) is 58.2 Å². The fourth-order valence-electron chi connectivity index (χ4n) is 3.13. The number of ether oxygens (including phenoxy) is 1. The predicted octanol–water partition coefficient (Wildman–Crippen LogP) is 3.52. The van der Waals surface area contributed by atoms with Crippen LogP contribution in [0.5, 0.6) is 5.75 Å². The number of hydrogen-bond acceptors (Lipinski definition) is 3. The van der Waals surface area contributed by atoms with Gasteiger partial charge in [-0.05, 0) is 30.3 Å². The summed E-state index contributed by atoms with van der Waals surface area (Å²) >= 11 is 0. The number of para-hydroxylation sites is 1. The Hall–Kier alpha value is -2.96. The third-order valence-corrected chi connectivity index (χ3v) is 4.51. The van der Waals surface area contributed by atoms with Gasteiger partial charge in [-0.2, -0.15) is 0 Å². The Morgan fingerprint density at radius 3 is 2.69 bits per heavy atom. The molecule has 7 heteroatoms. The van der Waals surface area contributed by atoms with E-state index in [-0.39, 0.29) is 35.2 Å². The maximum Gasteiger partial charge on any atom is 0.289 e. The van der Waals surface area contributed by atoms with Crippen molar-refractivity contribution in [3.63, 3.8) is 0 Å². The number of aromatic nitrogens is 2. The fraction of sp³-hybridized carbons (Fsp3) is 0.263. The van der Waals surface area contributed by atoms with Crippen LogP contribution in [-0.4, -0.2) is 40.0 Å². The lowest BCUT2D eigenvalue weighted by atomic mass is 10.1. The van der Waals surface area contributed by atoms with Crippen molar-refractivity contribution in [3.05, 3.63) is 59.9 Å². The third kappa shape index (κ3) is 3.24. The van der Waals surface area contributed by atoms with Crippen LogP contribution in [0.3, 0.4) is 0 Å². The van der Waals surface area contributed by atoms with Crippen LogP contribution in [0.25, 0.3) is 11.0 Å². The van der Waals surface area contributed by atoms with Crippen LogP contribution < -0.4 is 4.74 Å². The molecule has 0 aliphatic carbocycles. The summed E-state index contributed by atoms with van der Waals surface area (Å²) in [6.07, 6.45) is 1.07. The lowest BCUT2D eigenvalue weighted by Crippen LogP contribution is -2.42. The van der Waals surface area contributed by atoms with Gasteiger partial charge < -0.3 is 14.6 Å². The Kier molecular flexibility index (Phi) is 4.28. The molecule has 1 fully saturated rings. The van der Waals surface area contributed by atoms with Crippen molar-refractivity contribution in [1.29, 1.82) is 0 Å². The number of fused-ring (bicyclic) bond motifs is 1. The van der Waals surface area contributed by atoms with Crippen molar-refractivity contribution in [3.8, 4) is 5.75 Å². The number of piperidine rings is 1. The van der Waals surface area contributed by atoms with E-state index in [1.54, 1.807) is 23.1 Å². The first kappa shape index (κ1) is 16.5. The maximum atomic E-state index is 13.7. The predicted molar refractivity (Wildman–Crippen MR) is 92.0 cm³/mol. The van der Waals surface area contributed by atoms with E-state index in [0.717, 1.165) is 0 Å². The Bertz CT molecular complexity index is 949. The molecule has 0 saturated carbocycles. The first-order valence-electron chi connectivity index (χ1n) is 8.46. The van der Waals surface area contributed by atoms with Crippen molar-refractivity contribution in [1.82, 2.24) is 14.9 Å². The zero-order valence-electron chi connectivity index (χ0n) is 13.9. The molecule has 0 atom stereocenters. The summed E-state index contributed by atoms with van der Waals surface area (Å²) in [7, 11) is 0. The van der Waals surface area contributed by atoms with Crippen molar-refractivity contribution in [2.24, 2.45) is 0 Å². The summed E-state index contributed by atoms with van der Waals surface area (Å²) < 4.78 is 32.6. The van der Waals surface area contributed by atoms with Gasteiger partial charge in [0.05, 0.1) is 11.0 Å². The van der Waals surface area contributed by atoms with E-state index in [4.69, 9.17) is 4.74 Å². The maximum absolute atomic E-state index is 13.7. The number of imidazole rings is 1. The number of carbonyl (C=O) groups is 1. The van der Waals surface area contributed by atoms with E-state index >= 15 is 0 Å². The van der Waals surface area contributed by atoms with Crippen molar-refractivity contribution >= 4 is 16.9 Å².